The standard InChI is InChI=1S/C22H42N4O2/c1-19(2)25-12-8-23(9-13-25)16-20(27)26-14-10-24(11-15-26)17-22(6-7-22)18-28-21(3,4)5/h19H,6-18H2,1-5H3. The van der Waals surface area contributed by atoms with E-state index in [1.807, 2.05) is 0 Å². The Morgan fingerprint density at radius 3 is 2.00 bits per heavy atom. The average molecular weight is 395 g/mol. The highest BCUT2D eigenvalue weighted by Gasteiger charge is 2.45. The summed E-state index contributed by atoms with van der Waals surface area (Å²) in [6.45, 7) is 21.5. The largest absolute Gasteiger partial charge is 0.375 e. The highest BCUT2D eigenvalue weighted by atomic mass is 16.5. The quantitative estimate of drug-likeness (QED) is 0.658. The molecule has 6 heteroatoms. The van der Waals surface area contributed by atoms with Crippen LogP contribution in [0.3, 0.4) is 0 Å². The SMILES string of the molecule is CC(C)N1CCN(CC(=O)N2CCN(CC3(COC(C)(C)C)CC3)CC2)CC1. The van der Waals surface area contributed by atoms with E-state index < -0.39 is 0 Å². The van der Waals surface area contributed by atoms with Crippen LogP contribution >= 0.6 is 0 Å². The van der Waals surface area contributed by atoms with Crippen LogP contribution in [-0.4, -0.2) is 109 Å². The normalized spacial score (nSPS) is 24.7. The molecule has 3 fully saturated rings. The molecule has 2 saturated heterocycles. The van der Waals surface area contributed by atoms with Gasteiger partial charge in [-0.25, -0.2) is 0 Å². The van der Waals surface area contributed by atoms with Gasteiger partial charge in [-0.3, -0.25) is 19.5 Å². The van der Waals surface area contributed by atoms with Crippen LogP contribution in [0.25, 0.3) is 0 Å². The van der Waals surface area contributed by atoms with Gasteiger partial charge < -0.3 is 9.64 Å². The van der Waals surface area contributed by atoms with Gasteiger partial charge in [-0.2, -0.15) is 0 Å². The Hall–Kier alpha value is -0.690. The van der Waals surface area contributed by atoms with Crippen molar-refractivity contribution in [3.63, 3.8) is 0 Å². The summed E-state index contributed by atoms with van der Waals surface area (Å²) in [5.41, 5.74) is 0.316. The third kappa shape index (κ3) is 6.41. The Morgan fingerprint density at radius 2 is 1.50 bits per heavy atom. The molecule has 2 heterocycles. The van der Waals surface area contributed by atoms with Gasteiger partial charge in [0.1, 0.15) is 0 Å². The zero-order chi connectivity index (χ0) is 20.4. The van der Waals surface area contributed by atoms with Gasteiger partial charge in [0.05, 0.1) is 18.8 Å². The van der Waals surface area contributed by atoms with Crippen molar-refractivity contribution in [2.75, 3.05) is 72.1 Å². The summed E-state index contributed by atoms with van der Waals surface area (Å²) in [4.78, 5) is 22.2. The van der Waals surface area contributed by atoms with Crippen molar-refractivity contribution < 1.29 is 9.53 Å². The number of carbonyl (C=O) groups is 1. The molecular formula is C22H42N4O2. The van der Waals surface area contributed by atoms with Crippen molar-refractivity contribution in [1.82, 2.24) is 19.6 Å². The Labute approximate surface area is 172 Å². The fourth-order valence-electron chi connectivity index (χ4n) is 4.25. The Morgan fingerprint density at radius 1 is 0.929 bits per heavy atom. The summed E-state index contributed by atoms with van der Waals surface area (Å²) < 4.78 is 6.06. The lowest BCUT2D eigenvalue weighted by Crippen LogP contribution is -2.55. The van der Waals surface area contributed by atoms with Gasteiger partial charge in [0.25, 0.3) is 0 Å². The van der Waals surface area contributed by atoms with Crippen LogP contribution in [-0.2, 0) is 9.53 Å². The van der Waals surface area contributed by atoms with Crippen molar-refractivity contribution in [2.45, 2.75) is 59.1 Å². The van der Waals surface area contributed by atoms with Crippen molar-refractivity contribution in [3.8, 4) is 0 Å². The minimum atomic E-state index is -0.0542. The van der Waals surface area contributed by atoms with Crippen molar-refractivity contribution in [2.24, 2.45) is 5.41 Å². The molecular weight excluding hydrogens is 352 g/mol. The molecule has 1 amide bonds. The van der Waals surface area contributed by atoms with Crippen LogP contribution in [0.4, 0.5) is 0 Å². The summed E-state index contributed by atoms with van der Waals surface area (Å²) in [6, 6.07) is 0.606. The van der Waals surface area contributed by atoms with E-state index in [1.54, 1.807) is 0 Å². The third-order valence-corrected chi connectivity index (χ3v) is 6.55. The Kier molecular flexibility index (Phi) is 7.06. The van der Waals surface area contributed by atoms with E-state index in [9.17, 15) is 4.79 Å². The van der Waals surface area contributed by atoms with E-state index in [-0.39, 0.29) is 5.60 Å². The first-order valence-corrected chi connectivity index (χ1v) is 11.3. The summed E-state index contributed by atoms with van der Waals surface area (Å²) in [5.74, 6) is 0.315. The number of hydrogen-bond donors (Lipinski definition) is 0. The number of hydrogen-bond acceptors (Lipinski definition) is 5. The topological polar surface area (TPSA) is 39.3 Å². The predicted octanol–water partition coefficient (Wildman–Crippen LogP) is 1.75. The van der Waals surface area contributed by atoms with Crippen molar-refractivity contribution in [3.05, 3.63) is 0 Å². The fraction of sp³-hybridized carbons (Fsp3) is 0.955. The smallest absolute Gasteiger partial charge is 0.236 e. The van der Waals surface area contributed by atoms with Crippen LogP contribution in [0.15, 0.2) is 0 Å². The average Bonchev–Trinajstić information content (AvgIpc) is 3.40. The molecule has 6 nitrogen and oxygen atoms in total. The predicted molar refractivity (Wildman–Crippen MR) is 114 cm³/mol. The molecule has 0 atom stereocenters. The first-order valence-electron chi connectivity index (χ1n) is 11.3. The molecule has 0 aromatic rings. The second-order valence-corrected chi connectivity index (χ2v) is 10.5. The summed E-state index contributed by atoms with van der Waals surface area (Å²) in [7, 11) is 0. The molecule has 3 rings (SSSR count). The number of amides is 1. The van der Waals surface area contributed by atoms with Gasteiger partial charge in [0.2, 0.25) is 5.91 Å². The van der Waals surface area contributed by atoms with Crippen LogP contribution in [0.1, 0.15) is 47.5 Å². The fourth-order valence-corrected chi connectivity index (χ4v) is 4.25. The van der Waals surface area contributed by atoms with E-state index in [2.05, 4.69) is 54.2 Å². The highest BCUT2D eigenvalue weighted by Crippen LogP contribution is 2.47. The molecule has 28 heavy (non-hydrogen) atoms. The second kappa shape index (κ2) is 8.99. The van der Waals surface area contributed by atoms with Crippen molar-refractivity contribution >= 4 is 5.91 Å². The maximum atomic E-state index is 12.7. The molecule has 2 aliphatic heterocycles. The van der Waals surface area contributed by atoms with Gasteiger partial charge in [-0.1, -0.05) is 0 Å². The zero-order valence-electron chi connectivity index (χ0n) is 18.9. The maximum absolute atomic E-state index is 12.7. The first-order chi connectivity index (χ1) is 13.2. The van der Waals surface area contributed by atoms with E-state index in [0.717, 1.165) is 65.5 Å². The van der Waals surface area contributed by atoms with Crippen LogP contribution in [0.5, 0.6) is 0 Å². The molecule has 3 aliphatic rings. The summed E-state index contributed by atoms with van der Waals surface area (Å²) in [6.07, 6.45) is 2.56. The van der Waals surface area contributed by atoms with Gasteiger partial charge in [0, 0.05) is 70.4 Å². The lowest BCUT2D eigenvalue weighted by molar-refractivity contribution is -0.134. The van der Waals surface area contributed by atoms with Crippen molar-refractivity contribution in [1.29, 1.82) is 0 Å². The number of nitrogens with zero attached hydrogens (tertiary/aromatic N) is 4. The highest BCUT2D eigenvalue weighted by molar-refractivity contribution is 5.78. The summed E-state index contributed by atoms with van der Waals surface area (Å²) >= 11 is 0. The minimum Gasteiger partial charge on any atom is -0.375 e. The molecule has 162 valence electrons. The number of piperazine rings is 2. The number of rotatable bonds is 7. The Balaban J connectivity index is 1.35. The minimum absolute atomic E-state index is 0.0542. The van der Waals surface area contributed by atoms with Gasteiger partial charge in [-0.15, -0.1) is 0 Å². The lowest BCUT2D eigenvalue weighted by atomic mass is 10.1. The van der Waals surface area contributed by atoms with E-state index in [1.165, 1.54) is 12.8 Å². The molecule has 1 aliphatic carbocycles. The van der Waals surface area contributed by atoms with Gasteiger partial charge >= 0.3 is 0 Å². The molecule has 0 spiro atoms. The lowest BCUT2D eigenvalue weighted by Gasteiger charge is -2.39. The van der Waals surface area contributed by atoms with Crippen LogP contribution in [0.2, 0.25) is 0 Å². The summed E-state index contributed by atoms with van der Waals surface area (Å²) in [5, 5.41) is 0. The third-order valence-electron chi connectivity index (χ3n) is 6.55. The second-order valence-electron chi connectivity index (χ2n) is 10.5. The van der Waals surface area contributed by atoms with Gasteiger partial charge in [-0.05, 0) is 47.5 Å². The molecule has 1 saturated carbocycles. The number of carbonyl (C=O) groups excluding carboxylic acids is 1. The monoisotopic (exact) mass is 394 g/mol. The van der Waals surface area contributed by atoms with E-state index >= 15 is 0 Å². The van der Waals surface area contributed by atoms with E-state index in [0.29, 0.717) is 23.9 Å². The first kappa shape index (κ1) is 22.0. The number of ether oxygens (including phenoxy) is 1. The molecule has 0 N–H and O–H groups in total. The molecule has 0 bridgehead atoms. The molecule has 0 aromatic heterocycles. The van der Waals surface area contributed by atoms with E-state index in [4.69, 9.17) is 4.74 Å². The molecule has 0 aromatic carbocycles. The molecule has 0 unspecified atom stereocenters. The van der Waals surface area contributed by atoms with Crippen LogP contribution in [0, 0.1) is 5.41 Å². The van der Waals surface area contributed by atoms with Crippen LogP contribution < -0.4 is 0 Å². The Bertz CT molecular complexity index is 511. The zero-order valence-corrected chi connectivity index (χ0v) is 18.9. The molecule has 0 radical (unpaired) electrons. The van der Waals surface area contributed by atoms with Gasteiger partial charge in [0.15, 0.2) is 0 Å². The maximum Gasteiger partial charge on any atom is 0.236 e.